The normalized spacial score (nSPS) is 12.4. The monoisotopic (exact) mass is 522 g/mol. The van der Waals surface area contributed by atoms with Crippen molar-refractivity contribution in [3.05, 3.63) is 97.6 Å². The Kier molecular flexibility index (Phi) is 7.03. The predicted octanol–water partition coefficient (Wildman–Crippen LogP) is 4.66. The number of rotatable bonds is 8. The molecule has 3 aromatic carbocycles. The minimum absolute atomic E-state index is 0.0878. The summed E-state index contributed by atoms with van der Waals surface area (Å²) in [5.74, 6) is -3.17. The maximum absolute atomic E-state index is 13.0. The highest BCUT2D eigenvalue weighted by molar-refractivity contribution is 6.40. The van der Waals surface area contributed by atoms with Gasteiger partial charge in [0, 0.05) is 17.7 Å². The second-order valence-electron chi connectivity index (χ2n) is 7.96. The van der Waals surface area contributed by atoms with Crippen molar-refractivity contribution in [3.63, 3.8) is 0 Å². The number of esters is 1. The van der Waals surface area contributed by atoms with Crippen molar-refractivity contribution < 1.29 is 33.6 Å². The number of anilines is 1. The van der Waals surface area contributed by atoms with Crippen molar-refractivity contribution in [1.29, 1.82) is 0 Å². The van der Waals surface area contributed by atoms with E-state index in [0.29, 0.717) is 10.5 Å². The Bertz CT molecular complexity index is 1470. The molecule has 11 heteroatoms. The number of amides is 2. The Morgan fingerprint density at radius 3 is 2.38 bits per heavy atom. The van der Waals surface area contributed by atoms with Gasteiger partial charge >= 0.3 is 5.97 Å². The van der Waals surface area contributed by atoms with Crippen LogP contribution in [0.2, 0.25) is 5.02 Å². The number of hydrogen-bond donors (Lipinski definition) is 0. The van der Waals surface area contributed by atoms with Crippen molar-refractivity contribution in [2.45, 2.75) is 13.3 Å². The molecule has 1 aliphatic rings. The van der Waals surface area contributed by atoms with Gasteiger partial charge in [-0.1, -0.05) is 48.9 Å². The number of ketones is 1. The van der Waals surface area contributed by atoms with Gasteiger partial charge in [-0.25, -0.2) is 9.69 Å². The van der Waals surface area contributed by atoms with Gasteiger partial charge in [0.15, 0.2) is 12.4 Å². The molecule has 0 unspecified atom stereocenters. The number of hydrogen-bond acceptors (Lipinski definition) is 8. The standard InChI is InChI=1S/C26H19ClN2O8/c1-3-14-7-9-15(10-8-14)21(30)13-37-26(33)17-11-18(27)20(12-22(17)36-2)28-24(31)16-5-4-6-19(29(34)35)23(16)25(28)32/h4-12H,3,13H2,1-2H3. The maximum Gasteiger partial charge on any atom is 0.342 e. The van der Waals surface area contributed by atoms with Gasteiger partial charge in [0.2, 0.25) is 0 Å². The molecule has 188 valence electrons. The van der Waals surface area contributed by atoms with Gasteiger partial charge in [-0.2, -0.15) is 0 Å². The Labute approximate surface area is 215 Å². The average molecular weight is 523 g/mol. The number of nitro benzene ring substituents is 1. The molecule has 1 aliphatic heterocycles. The summed E-state index contributed by atoms with van der Waals surface area (Å²) in [6, 6.07) is 12.9. The first-order chi connectivity index (χ1) is 17.7. The Morgan fingerprint density at radius 2 is 1.76 bits per heavy atom. The minimum atomic E-state index is -0.939. The van der Waals surface area contributed by atoms with Crippen LogP contribution in [0.1, 0.15) is 53.9 Å². The number of imide groups is 1. The molecule has 4 rings (SSSR count). The molecule has 0 spiro atoms. The summed E-state index contributed by atoms with van der Waals surface area (Å²) in [6.07, 6.45) is 0.817. The summed E-state index contributed by atoms with van der Waals surface area (Å²) in [6.45, 7) is 1.45. The van der Waals surface area contributed by atoms with Gasteiger partial charge in [0.25, 0.3) is 17.5 Å². The smallest absolute Gasteiger partial charge is 0.342 e. The number of benzene rings is 3. The van der Waals surface area contributed by atoms with Crippen molar-refractivity contribution in [2.24, 2.45) is 0 Å². The van der Waals surface area contributed by atoms with Crippen molar-refractivity contribution in [2.75, 3.05) is 18.6 Å². The zero-order chi connectivity index (χ0) is 26.9. The zero-order valence-corrected chi connectivity index (χ0v) is 20.4. The summed E-state index contributed by atoms with van der Waals surface area (Å²) in [7, 11) is 1.25. The van der Waals surface area contributed by atoms with Crippen molar-refractivity contribution in [3.8, 4) is 5.75 Å². The van der Waals surface area contributed by atoms with E-state index < -0.39 is 40.8 Å². The molecule has 0 saturated heterocycles. The van der Waals surface area contributed by atoms with Crippen LogP contribution < -0.4 is 9.64 Å². The van der Waals surface area contributed by atoms with E-state index in [-0.39, 0.29) is 33.1 Å². The van der Waals surface area contributed by atoms with Crippen molar-refractivity contribution >= 4 is 46.5 Å². The molecule has 0 N–H and O–H groups in total. The second kappa shape index (κ2) is 10.2. The maximum atomic E-state index is 13.0. The molecule has 37 heavy (non-hydrogen) atoms. The summed E-state index contributed by atoms with van der Waals surface area (Å²) in [5.41, 5.74) is 0.127. The molecular weight excluding hydrogens is 504 g/mol. The fourth-order valence-corrected chi connectivity index (χ4v) is 4.15. The molecule has 0 bridgehead atoms. The van der Waals surface area contributed by atoms with Crippen LogP contribution in [0.5, 0.6) is 5.75 Å². The molecule has 0 radical (unpaired) electrons. The zero-order valence-electron chi connectivity index (χ0n) is 19.6. The summed E-state index contributed by atoms with van der Waals surface area (Å²) < 4.78 is 10.4. The van der Waals surface area contributed by atoms with E-state index >= 15 is 0 Å². The summed E-state index contributed by atoms with van der Waals surface area (Å²) >= 11 is 6.34. The number of Topliss-reactive ketones (excluding diaryl/α,β-unsaturated/α-hetero) is 1. The number of fused-ring (bicyclic) bond motifs is 1. The predicted molar refractivity (Wildman–Crippen MR) is 133 cm³/mol. The van der Waals surface area contributed by atoms with Gasteiger partial charge in [-0.3, -0.25) is 24.5 Å². The third-order valence-electron chi connectivity index (χ3n) is 5.84. The molecule has 0 fully saturated rings. The first-order valence-corrected chi connectivity index (χ1v) is 11.4. The molecule has 1 heterocycles. The van der Waals surface area contributed by atoms with Crippen LogP contribution in [0.15, 0.2) is 54.6 Å². The highest BCUT2D eigenvalue weighted by atomic mass is 35.5. The molecular formula is C26H19ClN2O8. The lowest BCUT2D eigenvalue weighted by atomic mass is 10.1. The Morgan fingerprint density at radius 1 is 1.05 bits per heavy atom. The molecule has 10 nitrogen and oxygen atoms in total. The number of carbonyl (C=O) groups excluding carboxylic acids is 4. The third-order valence-corrected chi connectivity index (χ3v) is 6.14. The van der Waals surface area contributed by atoms with E-state index in [1.807, 2.05) is 19.1 Å². The fourth-order valence-electron chi connectivity index (χ4n) is 3.90. The van der Waals surface area contributed by atoms with E-state index in [4.69, 9.17) is 21.1 Å². The number of methoxy groups -OCH3 is 1. The Hall–Kier alpha value is -4.57. The van der Waals surface area contributed by atoms with Crippen molar-refractivity contribution in [1.82, 2.24) is 0 Å². The van der Waals surface area contributed by atoms with Crippen LogP contribution in [0.3, 0.4) is 0 Å². The van der Waals surface area contributed by atoms with Crippen LogP contribution in [0.25, 0.3) is 0 Å². The lowest BCUT2D eigenvalue weighted by molar-refractivity contribution is -0.385. The van der Waals surface area contributed by atoms with Gasteiger partial charge in [0.1, 0.15) is 16.9 Å². The summed E-state index contributed by atoms with van der Waals surface area (Å²) in [4.78, 5) is 62.4. The first-order valence-electron chi connectivity index (χ1n) is 11.0. The van der Waals surface area contributed by atoms with Crippen LogP contribution in [-0.4, -0.2) is 42.2 Å². The van der Waals surface area contributed by atoms with Crippen LogP contribution in [-0.2, 0) is 11.2 Å². The molecule has 2 amide bonds. The van der Waals surface area contributed by atoms with Crippen LogP contribution in [0, 0.1) is 10.1 Å². The second-order valence-corrected chi connectivity index (χ2v) is 8.36. The number of nitro groups is 1. The van der Waals surface area contributed by atoms with E-state index in [1.165, 1.54) is 25.3 Å². The number of aryl methyl sites for hydroxylation is 1. The van der Waals surface area contributed by atoms with Gasteiger partial charge in [-0.15, -0.1) is 0 Å². The lowest BCUT2D eigenvalue weighted by Crippen LogP contribution is -2.30. The molecule has 3 aromatic rings. The molecule has 0 atom stereocenters. The summed E-state index contributed by atoms with van der Waals surface area (Å²) in [5, 5.41) is 11.2. The highest BCUT2D eigenvalue weighted by Crippen LogP contribution is 2.40. The number of ether oxygens (including phenoxy) is 2. The molecule has 0 aromatic heterocycles. The van der Waals surface area contributed by atoms with E-state index in [9.17, 15) is 29.3 Å². The van der Waals surface area contributed by atoms with Crippen LogP contribution in [0.4, 0.5) is 11.4 Å². The quantitative estimate of drug-likeness (QED) is 0.137. The Balaban J connectivity index is 1.59. The van der Waals surface area contributed by atoms with E-state index in [0.717, 1.165) is 24.1 Å². The van der Waals surface area contributed by atoms with Gasteiger partial charge in [-0.05, 0) is 24.1 Å². The highest BCUT2D eigenvalue weighted by Gasteiger charge is 2.43. The first kappa shape index (κ1) is 25.5. The van der Waals surface area contributed by atoms with Gasteiger partial charge < -0.3 is 9.47 Å². The topological polar surface area (TPSA) is 133 Å². The largest absolute Gasteiger partial charge is 0.496 e. The lowest BCUT2D eigenvalue weighted by Gasteiger charge is -2.18. The number of nitrogens with zero attached hydrogens (tertiary/aromatic N) is 2. The number of carbonyl (C=O) groups is 4. The SMILES string of the molecule is CCc1ccc(C(=O)COC(=O)c2cc(Cl)c(N3C(=O)c4cccc([N+](=O)[O-])c4C3=O)cc2OC)cc1. The van der Waals surface area contributed by atoms with E-state index in [1.54, 1.807) is 12.1 Å². The number of halogens is 1. The average Bonchev–Trinajstić information content (AvgIpc) is 3.16. The molecule has 0 saturated carbocycles. The molecule has 0 aliphatic carbocycles. The van der Waals surface area contributed by atoms with Gasteiger partial charge in [0.05, 0.1) is 28.3 Å². The fraction of sp³-hybridized carbons (Fsp3) is 0.154. The third kappa shape index (κ3) is 4.66. The minimum Gasteiger partial charge on any atom is -0.496 e. The van der Waals surface area contributed by atoms with E-state index in [2.05, 4.69) is 0 Å². The van der Waals surface area contributed by atoms with Crippen LogP contribution >= 0.6 is 11.6 Å².